The van der Waals surface area contributed by atoms with Gasteiger partial charge in [-0.2, -0.15) is 0 Å². The second-order valence-electron chi connectivity index (χ2n) is 11.5. The van der Waals surface area contributed by atoms with Crippen LogP contribution in [0.4, 0.5) is 0 Å². The number of nitrogens with zero attached hydrogens (tertiary/aromatic N) is 2. The van der Waals surface area contributed by atoms with Crippen molar-refractivity contribution in [2.75, 3.05) is 47.3 Å². The van der Waals surface area contributed by atoms with Gasteiger partial charge >= 0.3 is 0 Å². The van der Waals surface area contributed by atoms with E-state index in [4.69, 9.17) is 0 Å². The van der Waals surface area contributed by atoms with E-state index in [1.165, 1.54) is 82.0 Å². The van der Waals surface area contributed by atoms with E-state index in [1.807, 2.05) is 0 Å². The minimum atomic E-state index is 0.590. The maximum absolute atomic E-state index is 2.52. The molecule has 0 aromatic rings. The fourth-order valence-electron chi connectivity index (χ4n) is 6.32. The molecule has 2 rings (SSSR count). The molecule has 0 bridgehead atoms. The first-order valence-electron chi connectivity index (χ1n) is 12.0. The second-order valence-corrected chi connectivity index (χ2v) is 11.5. The van der Waals surface area contributed by atoms with E-state index >= 15 is 0 Å². The fourth-order valence-corrected chi connectivity index (χ4v) is 6.32. The van der Waals surface area contributed by atoms with E-state index in [-0.39, 0.29) is 0 Å². The lowest BCUT2D eigenvalue weighted by Gasteiger charge is -2.47. The van der Waals surface area contributed by atoms with Crippen LogP contribution in [-0.4, -0.2) is 56.7 Å². The maximum atomic E-state index is 2.52. The van der Waals surface area contributed by atoms with Gasteiger partial charge in [-0.3, -0.25) is 0 Å². The monoisotopic (exact) mass is 381 g/mol. The molecule has 2 heteroatoms. The Morgan fingerprint density at radius 1 is 0.852 bits per heavy atom. The van der Waals surface area contributed by atoms with E-state index in [2.05, 4.69) is 67.6 Å². The molecule has 0 aliphatic carbocycles. The zero-order chi connectivity index (χ0) is 20.7. The number of piperidine rings is 2. The highest BCUT2D eigenvalue weighted by atomic mass is 15.3. The molecule has 0 aromatic heterocycles. The summed E-state index contributed by atoms with van der Waals surface area (Å²) in [6.45, 7) is 19.6. The van der Waals surface area contributed by atoms with Crippen molar-refractivity contribution in [2.45, 2.75) is 92.9 Å². The lowest BCUT2D eigenvalue weighted by Crippen LogP contribution is -2.54. The van der Waals surface area contributed by atoms with Crippen LogP contribution in [-0.2, 0) is 0 Å². The average Bonchev–Trinajstić information content (AvgIpc) is 2.53. The van der Waals surface area contributed by atoms with E-state index < -0.39 is 0 Å². The van der Waals surface area contributed by atoms with Crippen LogP contribution in [0.15, 0.2) is 0 Å². The first-order chi connectivity index (χ1) is 12.5. The number of hydrogen-bond acceptors (Lipinski definition) is 1. The highest BCUT2D eigenvalue weighted by Gasteiger charge is 2.40. The smallest absolute Gasteiger partial charge is 0.0837 e. The summed E-state index contributed by atoms with van der Waals surface area (Å²) in [4.78, 5) is 2.52. The predicted octanol–water partition coefficient (Wildman–Crippen LogP) is 6.45. The van der Waals surface area contributed by atoms with Crippen LogP contribution in [0.2, 0.25) is 0 Å². The molecule has 4 unspecified atom stereocenters. The summed E-state index contributed by atoms with van der Waals surface area (Å²) in [5.41, 5.74) is 1.19. The third kappa shape index (κ3) is 8.44. The summed E-state index contributed by atoms with van der Waals surface area (Å²) in [7, 11) is 7.07. The molecular formula is C25H53N2+. The Balaban J connectivity index is 0.000000271. The zero-order valence-corrected chi connectivity index (χ0v) is 20.5. The van der Waals surface area contributed by atoms with Gasteiger partial charge in [0.25, 0.3) is 0 Å². The Morgan fingerprint density at radius 2 is 1.37 bits per heavy atom. The van der Waals surface area contributed by atoms with Gasteiger partial charge in [-0.05, 0) is 56.9 Å². The van der Waals surface area contributed by atoms with Crippen molar-refractivity contribution < 1.29 is 4.48 Å². The van der Waals surface area contributed by atoms with Crippen molar-refractivity contribution >= 4 is 0 Å². The SMILES string of the molecule is CCCC1CC(C)(CC)C[N+](C)(C)C1.CCCC1CN(C)CC(C)(CC)C1. The van der Waals surface area contributed by atoms with Gasteiger partial charge < -0.3 is 9.38 Å². The summed E-state index contributed by atoms with van der Waals surface area (Å²) < 4.78 is 1.23. The summed E-state index contributed by atoms with van der Waals surface area (Å²) in [6, 6.07) is 0. The minimum Gasteiger partial charge on any atom is -0.328 e. The molecule has 2 aliphatic rings. The van der Waals surface area contributed by atoms with Gasteiger partial charge in [0.2, 0.25) is 0 Å². The van der Waals surface area contributed by atoms with E-state index in [0.717, 1.165) is 11.8 Å². The number of likely N-dealkylation sites (tertiary alicyclic amines) is 2. The largest absolute Gasteiger partial charge is 0.328 e. The molecule has 27 heavy (non-hydrogen) atoms. The van der Waals surface area contributed by atoms with Gasteiger partial charge in [0.1, 0.15) is 0 Å². The first-order valence-corrected chi connectivity index (χ1v) is 12.0. The van der Waals surface area contributed by atoms with Crippen LogP contribution in [0.1, 0.15) is 92.9 Å². The lowest BCUT2D eigenvalue weighted by atomic mass is 9.73. The maximum Gasteiger partial charge on any atom is 0.0837 e. The third-order valence-corrected chi connectivity index (χ3v) is 7.45. The Labute approximate surface area is 172 Å². The standard InChI is InChI=1S/C13H28N.C12H25N/c1-6-8-12-9-13(3,7-2)11-14(4,5)10-12;1-5-7-11-8-12(3,6-2)10-13(4)9-11/h12H,6-11H2,1-5H3;11H,5-10H2,1-4H3/q+1;. The third-order valence-electron chi connectivity index (χ3n) is 7.45. The molecule has 0 amide bonds. The van der Waals surface area contributed by atoms with Gasteiger partial charge in [-0.25, -0.2) is 0 Å². The van der Waals surface area contributed by atoms with E-state index in [0.29, 0.717) is 10.8 Å². The number of quaternary nitrogens is 1. The molecule has 2 nitrogen and oxygen atoms in total. The molecule has 0 radical (unpaired) electrons. The van der Waals surface area contributed by atoms with Crippen molar-refractivity contribution in [3.63, 3.8) is 0 Å². The van der Waals surface area contributed by atoms with Crippen molar-refractivity contribution in [3.8, 4) is 0 Å². The lowest BCUT2D eigenvalue weighted by molar-refractivity contribution is -0.906. The molecule has 2 saturated heterocycles. The molecule has 162 valence electrons. The fraction of sp³-hybridized carbons (Fsp3) is 1.00. The Kier molecular flexibility index (Phi) is 9.82. The highest BCUT2D eigenvalue weighted by molar-refractivity contribution is 4.85. The summed E-state index contributed by atoms with van der Waals surface area (Å²) in [5, 5.41) is 0. The van der Waals surface area contributed by atoms with Gasteiger partial charge in [0.05, 0.1) is 27.2 Å². The first kappa shape index (κ1) is 25.0. The molecule has 0 aromatic carbocycles. The van der Waals surface area contributed by atoms with Gasteiger partial charge in [0.15, 0.2) is 0 Å². The van der Waals surface area contributed by atoms with Gasteiger partial charge in [-0.1, -0.05) is 54.4 Å². The predicted molar refractivity (Wildman–Crippen MR) is 122 cm³/mol. The Morgan fingerprint density at radius 3 is 1.89 bits per heavy atom. The van der Waals surface area contributed by atoms with Crippen molar-refractivity contribution in [1.82, 2.24) is 4.90 Å². The highest BCUT2D eigenvalue weighted by Crippen LogP contribution is 2.39. The van der Waals surface area contributed by atoms with Crippen LogP contribution in [0.25, 0.3) is 0 Å². The molecule has 0 spiro atoms. The molecule has 2 heterocycles. The quantitative estimate of drug-likeness (QED) is 0.478. The van der Waals surface area contributed by atoms with E-state index in [9.17, 15) is 0 Å². The number of rotatable bonds is 6. The van der Waals surface area contributed by atoms with Gasteiger partial charge in [0, 0.05) is 24.4 Å². The summed E-state index contributed by atoms with van der Waals surface area (Å²) in [5.74, 6) is 1.92. The topological polar surface area (TPSA) is 3.24 Å². The Hall–Kier alpha value is -0.0800. The van der Waals surface area contributed by atoms with E-state index in [1.54, 1.807) is 0 Å². The summed E-state index contributed by atoms with van der Waals surface area (Å²) in [6.07, 6.45) is 11.1. The van der Waals surface area contributed by atoms with Crippen molar-refractivity contribution in [2.24, 2.45) is 22.7 Å². The number of hydrogen-bond donors (Lipinski definition) is 0. The molecule has 0 saturated carbocycles. The van der Waals surface area contributed by atoms with Crippen molar-refractivity contribution in [3.05, 3.63) is 0 Å². The minimum absolute atomic E-state index is 0.590. The average molecular weight is 382 g/mol. The van der Waals surface area contributed by atoms with Crippen LogP contribution in [0.3, 0.4) is 0 Å². The normalized spacial score (nSPS) is 36.8. The van der Waals surface area contributed by atoms with Crippen molar-refractivity contribution in [1.29, 1.82) is 0 Å². The molecule has 2 aliphatic heterocycles. The van der Waals surface area contributed by atoms with Crippen LogP contribution in [0, 0.1) is 22.7 Å². The molecule has 0 N–H and O–H groups in total. The van der Waals surface area contributed by atoms with Crippen LogP contribution < -0.4 is 0 Å². The Bertz CT molecular complexity index is 419. The van der Waals surface area contributed by atoms with Crippen LogP contribution in [0.5, 0.6) is 0 Å². The van der Waals surface area contributed by atoms with Crippen LogP contribution >= 0.6 is 0 Å². The zero-order valence-electron chi connectivity index (χ0n) is 20.5. The summed E-state index contributed by atoms with van der Waals surface area (Å²) >= 11 is 0. The molecule has 4 atom stereocenters. The molecular weight excluding hydrogens is 328 g/mol. The second kappa shape index (κ2) is 10.6. The molecule has 2 fully saturated rings. The van der Waals surface area contributed by atoms with Gasteiger partial charge in [-0.15, -0.1) is 0 Å².